The van der Waals surface area contributed by atoms with Crippen LogP contribution < -0.4 is 9.47 Å². The quantitative estimate of drug-likeness (QED) is 0.377. The molecule has 1 aromatic rings. The summed E-state index contributed by atoms with van der Waals surface area (Å²) in [5.74, 6) is 0.0506. The normalized spacial score (nSPS) is 21.9. The first-order valence-electron chi connectivity index (χ1n) is 12.2. The molecule has 1 N–H and O–H groups in total. The van der Waals surface area contributed by atoms with Crippen molar-refractivity contribution in [2.75, 3.05) is 0 Å². The zero-order valence-electron chi connectivity index (χ0n) is 21.5. The van der Waals surface area contributed by atoms with Crippen LogP contribution in [-0.4, -0.2) is 22.6 Å². The summed E-state index contributed by atoms with van der Waals surface area (Å²) in [6.45, 7) is 16.3. The summed E-state index contributed by atoms with van der Waals surface area (Å²) in [7, 11) is 0. The van der Waals surface area contributed by atoms with E-state index in [0.29, 0.717) is 29.9 Å². The molecule has 0 saturated carbocycles. The van der Waals surface area contributed by atoms with Crippen molar-refractivity contribution in [3.05, 3.63) is 34.9 Å². The number of hydrogen-bond donors (Lipinski definition) is 1. The van der Waals surface area contributed by atoms with Gasteiger partial charge in [-0.3, -0.25) is 4.79 Å². The third-order valence-electron chi connectivity index (χ3n) is 7.31. The zero-order valence-corrected chi connectivity index (χ0v) is 21.5. The van der Waals surface area contributed by atoms with Gasteiger partial charge in [0.25, 0.3) is 0 Å². The second kappa shape index (κ2) is 8.81. The van der Waals surface area contributed by atoms with E-state index in [-0.39, 0.29) is 23.2 Å². The zero-order chi connectivity index (χ0) is 24.8. The van der Waals surface area contributed by atoms with Gasteiger partial charge in [-0.05, 0) is 77.0 Å². The Bertz CT molecular complexity index is 961. The Morgan fingerprint density at radius 3 is 2.42 bits per heavy atom. The van der Waals surface area contributed by atoms with E-state index in [4.69, 9.17) is 9.47 Å². The summed E-state index contributed by atoms with van der Waals surface area (Å²) in [5, 5.41) is 9.68. The van der Waals surface area contributed by atoms with Crippen molar-refractivity contribution in [2.45, 2.75) is 104 Å². The van der Waals surface area contributed by atoms with Crippen molar-refractivity contribution in [3.8, 4) is 11.5 Å². The highest BCUT2D eigenvalue weighted by Crippen LogP contribution is 2.55. The molecule has 33 heavy (non-hydrogen) atoms. The summed E-state index contributed by atoms with van der Waals surface area (Å²) in [4.78, 5) is 24.7. The predicted octanol–water partition coefficient (Wildman–Crippen LogP) is 6.78. The van der Waals surface area contributed by atoms with E-state index in [1.165, 1.54) is 0 Å². The number of ether oxygens (including phenoxy) is 2. The van der Waals surface area contributed by atoms with E-state index in [2.05, 4.69) is 40.7 Å². The number of carbonyl (C=O) groups is 2. The minimum absolute atomic E-state index is 0.0876. The van der Waals surface area contributed by atoms with Crippen LogP contribution in [0.25, 0.3) is 0 Å². The minimum Gasteiger partial charge on any atom is -0.487 e. The fourth-order valence-corrected chi connectivity index (χ4v) is 5.04. The maximum absolute atomic E-state index is 12.9. The van der Waals surface area contributed by atoms with Crippen LogP contribution in [0.15, 0.2) is 23.8 Å². The van der Waals surface area contributed by atoms with Gasteiger partial charge in [0.15, 0.2) is 0 Å². The van der Waals surface area contributed by atoms with Crippen LogP contribution in [0.5, 0.6) is 11.5 Å². The van der Waals surface area contributed by atoms with Crippen LogP contribution in [0.1, 0.15) is 105 Å². The van der Waals surface area contributed by atoms with Crippen LogP contribution in [0.4, 0.5) is 0 Å². The van der Waals surface area contributed by atoms with E-state index in [1.54, 1.807) is 0 Å². The van der Waals surface area contributed by atoms with Gasteiger partial charge in [0.2, 0.25) is 0 Å². The minimum atomic E-state index is -0.884. The highest BCUT2D eigenvalue weighted by Gasteiger charge is 2.47. The molecular formula is C28H40O5. The van der Waals surface area contributed by atoms with Crippen molar-refractivity contribution in [3.63, 3.8) is 0 Å². The number of aliphatic carboxylic acids is 1. The first-order chi connectivity index (χ1) is 15.2. The second-order valence-electron chi connectivity index (χ2n) is 11.9. The van der Waals surface area contributed by atoms with Gasteiger partial charge in [-0.1, -0.05) is 39.7 Å². The standard InChI is InChI=1S/C28H40O5/c1-9-10-13-27(5,6)18-15-21(32-25(31)26(2,3)4)23-19-14-17(24(29)30)11-12-20(19)28(7,8)33-22(23)16-18/h11,15-16,19-20H,9-10,12-14H2,1-8H3,(H,29,30)/t19-,20-/m1/s1. The number of carbonyl (C=O) groups excluding carboxylic acids is 1. The third-order valence-corrected chi connectivity index (χ3v) is 7.31. The van der Waals surface area contributed by atoms with E-state index in [1.807, 2.05) is 32.9 Å². The number of benzene rings is 1. The first-order valence-corrected chi connectivity index (χ1v) is 12.2. The maximum atomic E-state index is 12.9. The Kier molecular flexibility index (Phi) is 6.76. The van der Waals surface area contributed by atoms with Gasteiger partial charge < -0.3 is 14.6 Å². The van der Waals surface area contributed by atoms with Crippen molar-refractivity contribution in [1.29, 1.82) is 0 Å². The molecule has 1 aliphatic carbocycles. The lowest BCUT2D eigenvalue weighted by Gasteiger charge is -2.47. The Balaban J connectivity index is 2.19. The molecule has 0 unspecified atom stereocenters. The summed E-state index contributed by atoms with van der Waals surface area (Å²) in [5.41, 5.74) is 1.09. The molecule has 0 amide bonds. The summed E-state index contributed by atoms with van der Waals surface area (Å²) < 4.78 is 12.6. The van der Waals surface area contributed by atoms with Crippen LogP contribution >= 0.6 is 0 Å². The average Bonchev–Trinajstić information content (AvgIpc) is 2.70. The van der Waals surface area contributed by atoms with E-state index in [9.17, 15) is 14.7 Å². The highest BCUT2D eigenvalue weighted by molar-refractivity contribution is 5.87. The fourth-order valence-electron chi connectivity index (χ4n) is 5.04. The Labute approximate surface area is 198 Å². The van der Waals surface area contributed by atoms with E-state index >= 15 is 0 Å². The SMILES string of the molecule is CCCCC(C)(C)c1cc(OC(=O)C(C)(C)C)c2c(c1)OC(C)(C)[C@@H]1CC=C(C(=O)O)C[C@@H]21. The Morgan fingerprint density at radius 1 is 1.18 bits per heavy atom. The molecule has 2 aliphatic rings. The molecule has 3 rings (SSSR count). The molecule has 5 heteroatoms. The average molecular weight is 457 g/mol. The summed E-state index contributed by atoms with van der Waals surface area (Å²) in [6, 6.07) is 4.09. The fraction of sp³-hybridized carbons (Fsp3) is 0.643. The molecule has 5 nitrogen and oxygen atoms in total. The lowest BCUT2D eigenvalue weighted by molar-refractivity contribution is -0.143. The number of fused-ring (bicyclic) bond motifs is 3. The lowest BCUT2D eigenvalue weighted by atomic mass is 9.66. The van der Waals surface area contributed by atoms with Crippen LogP contribution in [0, 0.1) is 11.3 Å². The van der Waals surface area contributed by atoms with E-state index < -0.39 is 17.0 Å². The Morgan fingerprint density at radius 2 is 1.85 bits per heavy atom. The molecule has 0 spiro atoms. The van der Waals surface area contributed by atoms with Crippen molar-refractivity contribution < 1.29 is 24.2 Å². The molecule has 0 bridgehead atoms. The van der Waals surface area contributed by atoms with Gasteiger partial charge in [0.1, 0.15) is 17.1 Å². The van der Waals surface area contributed by atoms with Crippen LogP contribution in [0.3, 0.4) is 0 Å². The van der Waals surface area contributed by atoms with E-state index in [0.717, 1.165) is 30.4 Å². The largest absolute Gasteiger partial charge is 0.487 e. The topological polar surface area (TPSA) is 72.8 Å². The van der Waals surface area contributed by atoms with Crippen molar-refractivity contribution in [2.24, 2.45) is 11.3 Å². The number of rotatable bonds is 6. The molecule has 0 radical (unpaired) electrons. The number of carboxylic acid groups (broad SMARTS) is 1. The number of esters is 1. The van der Waals surface area contributed by atoms with Gasteiger partial charge in [-0.2, -0.15) is 0 Å². The van der Waals surface area contributed by atoms with Gasteiger partial charge in [-0.15, -0.1) is 0 Å². The molecular weight excluding hydrogens is 416 g/mol. The Hall–Kier alpha value is -2.30. The van der Waals surface area contributed by atoms with Gasteiger partial charge >= 0.3 is 11.9 Å². The maximum Gasteiger partial charge on any atom is 0.331 e. The second-order valence-corrected chi connectivity index (χ2v) is 11.9. The third kappa shape index (κ3) is 5.12. The molecule has 1 aliphatic heterocycles. The number of unbranched alkanes of at least 4 members (excludes halogenated alkanes) is 1. The highest BCUT2D eigenvalue weighted by atomic mass is 16.5. The monoisotopic (exact) mass is 456 g/mol. The van der Waals surface area contributed by atoms with Crippen LogP contribution in [0.2, 0.25) is 0 Å². The summed E-state index contributed by atoms with van der Waals surface area (Å²) in [6.07, 6.45) is 6.06. The molecule has 0 fully saturated rings. The van der Waals surface area contributed by atoms with Crippen molar-refractivity contribution in [1.82, 2.24) is 0 Å². The first kappa shape index (κ1) is 25.3. The van der Waals surface area contributed by atoms with Gasteiger partial charge in [0, 0.05) is 23.0 Å². The van der Waals surface area contributed by atoms with Gasteiger partial charge in [-0.25, -0.2) is 4.79 Å². The molecule has 2 atom stereocenters. The predicted molar refractivity (Wildman–Crippen MR) is 130 cm³/mol. The smallest absolute Gasteiger partial charge is 0.331 e. The number of carboxylic acids is 1. The number of hydrogen-bond acceptors (Lipinski definition) is 4. The summed E-state index contributed by atoms with van der Waals surface area (Å²) >= 11 is 0. The molecule has 0 aromatic heterocycles. The van der Waals surface area contributed by atoms with Crippen LogP contribution in [-0.2, 0) is 15.0 Å². The van der Waals surface area contributed by atoms with Gasteiger partial charge in [0.05, 0.1) is 5.41 Å². The molecule has 0 saturated heterocycles. The number of allylic oxidation sites excluding steroid dienone is 1. The van der Waals surface area contributed by atoms with Crippen molar-refractivity contribution >= 4 is 11.9 Å². The molecule has 1 aromatic carbocycles. The molecule has 1 heterocycles. The lowest BCUT2D eigenvalue weighted by Crippen LogP contribution is -2.46. The molecule has 182 valence electrons.